The Hall–Kier alpha value is -2.72. The Kier molecular flexibility index (Phi) is 9.52. The highest BCUT2D eigenvalue weighted by atomic mass is 79.9. The first-order valence-electron chi connectivity index (χ1n) is 13.2. The maximum Gasteiger partial charge on any atom is 0.338 e. The second kappa shape index (κ2) is 13.0. The molecule has 0 atom stereocenters. The number of hydrogen-bond donors (Lipinski definition) is 0. The van der Waals surface area contributed by atoms with Crippen molar-refractivity contribution >= 4 is 27.7 Å². The van der Waals surface area contributed by atoms with Crippen LogP contribution in [0.5, 0.6) is 0 Å². The number of halogens is 1. The molecule has 1 aliphatic carbocycles. The maximum absolute atomic E-state index is 12.6. The van der Waals surface area contributed by atoms with E-state index in [0.29, 0.717) is 17.0 Å². The number of unbranched alkanes of at least 4 members (excludes halogenated alkanes) is 2. The van der Waals surface area contributed by atoms with Crippen LogP contribution in [0, 0.1) is 5.92 Å². The predicted octanol–water partition coefficient (Wildman–Crippen LogP) is 9.01. The minimum atomic E-state index is -0.457. The van der Waals surface area contributed by atoms with Crippen LogP contribution in [0.1, 0.15) is 90.5 Å². The van der Waals surface area contributed by atoms with E-state index in [4.69, 9.17) is 4.74 Å². The summed E-state index contributed by atoms with van der Waals surface area (Å²) in [6.07, 6.45) is 10.5. The largest absolute Gasteiger partial charge is 0.454 e. The molecule has 0 radical (unpaired) electrons. The Morgan fingerprint density at radius 3 is 1.97 bits per heavy atom. The molecule has 188 valence electrons. The lowest BCUT2D eigenvalue weighted by Crippen LogP contribution is -2.15. The third kappa shape index (κ3) is 7.16. The highest BCUT2D eigenvalue weighted by molar-refractivity contribution is 9.10. The van der Waals surface area contributed by atoms with Crippen LogP contribution in [0.15, 0.2) is 77.3 Å². The van der Waals surface area contributed by atoms with Gasteiger partial charge < -0.3 is 4.74 Å². The number of Topliss-reactive ketones (excluding diaryl/α,β-unsaturated/α-hetero) is 1. The fourth-order valence-electron chi connectivity index (χ4n) is 5.15. The van der Waals surface area contributed by atoms with Gasteiger partial charge in [-0.25, -0.2) is 4.79 Å². The summed E-state index contributed by atoms with van der Waals surface area (Å²) in [5.74, 6) is 0.801. The van der Waals surface area contributed by atoms with Crippen molar-refractivity contribution in [2.45, 2.75) is 64.2 Å². The molecule has 4 rings (SSSR count). The van der Waals surface area contributed by atoms with E-state index in [1.807, 2.05) is 48.5 Å². The van der Waals surface area contributed by atoms with Crippen molar-refractivity contribution in [1.29, 1.82) is 0 Å². The summed E-state index contributed by atoms with van der Waals surface area (Å²) in [5.41, 5.74) is 4.43. The molecule has 1 saturated carbocycles. The molecule has 0 spiro atoms. The summed E-state index contributed by atoms with van der Waals surface area (Å²) in [4.78, 5) is 25.1. The van der Waals surface area contributed by atoms with Gasteiger partial charge in [-0.1, -0.05) is 97.1 Å². The fraction of sp³-hybridized carbons (Fsp3) is 0.375. The van der Waals surface area contributed by atoms with E-state index in [0.717, 1.165) is 21.5 Å². The maximum atomic E-state index is 12.6. The highest BCUT2D eigenvalue weighted by Crippen LogP contribution is 2.37. The molecule has 4 heteroatoms. The Labute approximate surface area is 223 Å². The van der Waals surface area contributed by atoms with Crippen LogP contribution in [0.4, 0.5) is 0 Å². The van der Waals surface area contributed by atoms with E-state index in [9.17, 15) is 9.59 Å². The van der Waals surface area contributed by atoms with Crippen LogP contribution < -0.4 is 0 Å². The van der Waals surface area contributed by atoms with Gasteiger partial charge in [-0.05, 0) is 78.5 Å². The summed E-state index contributed by atoms with van der Waals surface area (Å²) >= 11 is 3.44. The Balaban J connectivity index is 1.25. The van der Waals surface area contributed by atoms with Gasteiger partial charge in [-0.15, -0.1) is 0 Å². The summed E-state index contributed by atoms with van der Waals surface area (Å²) < 4.78 is 6.35. The average molecular weight is 548 g/mol. The zero-order valence-electron chi connectivity index (χ0n) is 21.0. The quantitative estimate of drug-likeness (QED) is 0.145. The first-order valence-corrected chi connectivity index (χ1v) is 14.0. The number of ketones is 1. The zero-order chi connectivity index (χ0) is 25.3. The van der Waals surface area contributed by atoms with E-state index < -0.39 is 5.97 Å². The number of hydrogen-bond acceptors (Lipinski definition) is 3. The lowest BCUT2D eigenvalue weighted by atomic mass is 9.77. The molecular weight excluding hydrogens is 512 g/mol. The third-order valence-electron chi connectivity index (χ3n) is 7.40. The number of benzene rings is 3. The van der Waals surface area contributed by atoms with Crippen LogP contribution in [0.2, 0.25) is 0 Å². The second-order valence-corrected chi connectivity index (χ2v) is 10.8. The molecule has 3 aromatic carbocycles. The van der Waals surface area contributed by atoms with Crippen molar-refractivity contribution in [1.82, 2.24) is 0 Å². The summed E-state index contributed by atoms with van der Waals surface area (Å²) in [6.45, 7) is 2.00. The van der Waals surface area contributed by atoms with Crippen molar-refractivity contribution in [2.24, 2.45) is 5.92 Å². The van der Waals surface area contributed by atoms with Crippen molar-refractivity contribution in [3.8, 4) is 11.1 Å². The van der Waals surface area contributed by atoms with Crippen molar-refractivity contribution in [2.75, 3.05) is 6.61 Å². The zero-order valence-corrected chi connectivity index (χ0v) is 22.6. The molecule has 0 bridgehead atoms. The fourth-order valence-corrected chi connectivity index (χ4v) is 5.41. The van der Waals surface area contributed by atoms with Crippen LogP contribution >= 0.6 is 15.9 Å². The molecule has 0 aliphatic heterocycles. The Bertz CT molecular complexity index is 1130. The topological polar surface area (TPSA) is 43.4 Å². The first-order chi connectivity index (χ1) is 17.5. The molecule has 36 heavy (non-hydrogen) atoms. The number of ether oxygens (including phenoxy) is 1. The lowest BCUT2D eigenvalue weighted by Gasteiger charge is -2.29. The lowest BCUT2D eigenvalue weighted by molar-refractivity contribution is 0.0474. The van der Waals surface area contributed by atoms with E-state index in [1.165, 1.54) is 56.9 Å². The van der Waals surface area contributed by atoms with Crippen molar-refractivity contribution in [3.63, 3.8) is 0 Å². The molecule has 0 unspecified atom stereocenters. The molecule has 0 aromatic heterocycles. The Morgan fingerprint density at radius 2 is 1.36 bits per heavy atom. The van der Waals surface area contributed by atoms with E-state index in [2.05, 4.69) is 35.0 Å². The summed E-state index contributed by atoms with van der Waals surface area (Å²) in [5, 5.41) is 0. The van der Waals surface area contributed by atoms with E-state index in [-0.39, 0.29) is 12.4 Å². The second-order valence-electron chi connectivity index (χ2n) is 9.92. The monoisotopic (exact) mass is 546 g/mol. The molecule has 0 N–H and O–H groups in total. The van der Waals surface area contributed by atoms with Gasteiger partial charge in [0.05, 0.1) is 5.56 Å². The highest BCUT2D eigenvalue weighted by Gasteiger charge is 2.22. The van der Waals surface area contributed by atoms with Gasteiger partial charge in [-0.2, -0.15) is 0 Å². The standard InChI is InChI=1S/C32H35BrO3/c1-2-3-4-5-23-6-8-24(9-7-23)26-12-16-29(17-13-26)32(35)36-22-31(34)28-14-10-25(11-15-28)27-18-20-30(33)21-19-27/h10-21,23-24H,2-9,22H2,1H3. The molecule has 3 nitrogen and oxygen atoms in total. The summed E-state index contributed by atoms with van der Waals surface area (Å²) in [7, 11) is 0. The van der Waals surface area contributed by atoms with Crippen LogP contribution in [-0.4, -0.2) is 18.4 Å². The summed E-state index contributed by atoms with van der Waals surface area (Å²) in [6, 6.07) is 23.2. The van der Waals surface area contributed by atoms with Crippen molar-refractivity contribution < 1.29 is 14.3 Å². The minimum absolute atomic E-state index is 0.210. The van der Waals surface area contributed by atoms with Crippen LogP contribution in [-0.2, 0) is 4.74 Å². The number of rotatable bonds is 10. The smallest absolute Gasteiger partial charge is 0.338 e. The molecule has 1 aliphatic rings. The predicted molar refractivity (Wildman–Crippen MR) is 149 cm³/mol. The van der Waals surface area contributed by atoms with Crippen molar-refractivity contribution in [3.05, 3.63) is 94.0 Å². The number of carbonyl (C=O) groups is 2. The minimum Gasteiger partial charge on any atom is -0.454 e. The Morgan fingerprint density at radius 1 is 0.778 bits per heavy atom. The van der Waals surface area contributed by atoms with Gasteiger partial charge in [0.1, 0.15) is 0 Å². The van der Waals surface area contributed by atoms with Crippen LogP contribution in [0.3, 0.4) is 0 Å². The number of carbonyl (C=O) groups excluding carboxylic acids is 2. The van der Waals surface area contributed by atoms with E-state index in [1.54, 1.807) is 12.1 Å². The third-order valence-corrected chi connectivity index (χ3v) is 7.93. The normalized spacial score (nSPS) is 17.5. The molecule has 0 saturated heterocycles. The molecule has 1 fully saturated rings. The van der Waals surface area contributed by atoms with Gasteiger partial charge in [0.2, 0.25) is 0 Å². The average Bonchev–Trinajstić information content (AvgIpc) is 2.93. The SMILES string of the molecule is CCCCCC1CCC(c2ccc(C(=O)OCC(=O)c3ccc(-c4ccc(Br)cc4)cc3)cc2)CC1. The molecule has 0 amide bonds. The molecule has 3 aromatic rings. The van der Waals surface area contributed by atoms with Gasteiger partial charge in [0.25, 0.3) is 0 Å². The van der Waals surface area contributed by atoms with Gasteiger partial charge >= 0.3 is 5.97 Å². The van der Waals surface area contributed by atoms with Gasteiger partial charge in [-0.3, -0.25) is 4.79 Å². The molecular formula is C32H35BrO3. The van der Waals surface area contributed by atoms with Gasteiger partial charge in [0, 0.05) is 10.0 Å². The van der Waals surface area contributed by atoms with Gasteiger partial charge in [0.15, 0.2) is 12.4 Å². The number of esters is 1. The molecule has 0 heterocycles. The van der Waals surface area contributed by atoms with E-state index >= 15 is 0 Å². The van der Waals surface area contributed by atoms with Crippen LogP contribution in [0.25, 0.3) is 11.1 Å². The first kappa shape index (κ1) is 26.3.